The summed E-state index contributed by atoms with van der Waals surface area (Å²) in [6.07, 6.45) is 11.3. The van der Waals surface area contributed by atoms with Gasteiger partial charge in [0.15, 0.2) is 0 Å². The van der Waals surface area contributed by atoms with Crippen LogP contribution in [0.2, 0.25) is 0 Å². The predicted octanol–water partition coefficient (Wildman–Crippen LogP) is 6.34. The fourth-order valence-electron chi connectivity index (χ4n) is 10.3. The van der Waals surface area contributed by atoms with E-state index in [1.54, 1.807) is 0 Å². The van der Waals surface area contributed by atoms with Crippen molar-refractivity contribution >= 4 is 0 Å². The smallest absolute Gasteiger partial charge is 0.141 e. The van der Waals surface area contributed by atoms with Crippen molar-refractivity contribution < 1.29 is 14.2 Å². The molecule has 7 unspecified atom stereocenters. The molecule has 5 saturated carbocycles. The largest absolute Gasteiger partial charge is 0.485 e. The van der Waals surface area contributed by atoms with Gasteiger partial charge in [0.25, 0.3) is 0 Å². The van der Waals surface area contributed by atoms with E-state index in [-0.39, 0.29) is 22.5 Å². The minimum absolute atomic E-state index is 0.0162. The molecule has 1 aliphatic heterocycles. The van der Waals surface area contributed by atoms with E-state index >= 15 is 0 Å². The van der Waals surface area contributed by atoms with Gasteiger partial charge in [-0.2, -0.15) is 5.26 Å². The maximum atomic E-state index is 10.0. The number of nitriles is 1. The van der Waals surface area contributed by atoms with Gasteiger partial charge in [0.2, 0.25) is 0 Å². The lowest BCUT2D eigenvalue weighted by atomic mass is 9.31. The minimum Gasteiger partial charge on any atom is -0.485 e. The Bertz CT molecular complexity index is 1280. The van der Waals surface area contributed by atoms with Crippen molar-refractivity contribution in [3.05, 3.63) is 64.7 Å². The second-order valence-corrected chi connectivity index (χ2v) is 13.1. The fraction of sp³-hybridized carbons (Fsp3) is 0.606. The molecule has 9 rings (SSSR count). The molecule has 7 aliphatic rings. The highest BCUT2D eigenvalue weighted by molar-refractivity contribution is 5.63. The summed E-state index contributed by atoms with van der Waals surface area (Å²) >= 11 is 0. The molecule has 1 heterocycles. The van der Waals surface area contributed by atoms with Crippen molar-refractivity contribution in [1.82, 2.24) is 0 Å². The molecule has 0 N–H and O–H groups in total. The second kappa shape index (κ2) is 7.84. The molecule has 192 valence electrons. The van der Waals surface area contributed by atoms with Gasteiger partial charge in [-0.05, 0) is 85.3 Å². The van der Waals surface area contributed by atoms with Crippen LogP contribution in [-0.4, -0.2) is 25.4 Å². The van der Waals surface area contributed by atoms with Crippen molar-refractivity contribution in [3.63, 3.8) is 0 Å². The Kier molecular flexibility index (Phi) is 4.79. The van der Waals surface area contributed by atoms with E-state index in [4.69, 9.17) is 14.2 Å². The van der Waals surface area contributed by atoms with Crippen molar-refractivity contribution in [3.8, 4) is 11.8 Å². The van der Waals surface area contributed by atoms with Crippen LogP contribution in [0.1, 0.15) is 73.6 Å². The van der Waals surface area contributed by atoms with Crippen LogP contribution in [0, 0.1) is 40.4 Å². The molecule has 4 nitrogen and oxygen atoms in total. The van der Waals surface area contributed by atoms with Crippen LogP contribution in [0.5, 0.6) is 5.75 Å². The highest BCUT2D eigenvalue weighted by atomic mass is 16.6. The van der Waals surface area contributed by atoms with Crippen LogP contribution in [0.4, 0.5) is 0 Å². The lowest BCUT2D eigenvalue weighted by molar-refractivity contribution is -0.285. The molecular formula is C33H37NO3. The van der Waals surface area contributed by atoms with Crippen LogP contribution < -0.4 is 4.74 Å². The standard InChI is InChI=1S/C33H37NO3/c1-35-33-14-13-31(17-26(33)20-36-19-22-5-3-2-4-6-22)27-16-24-9-10-25(18-34)29-28(24)32(31,30(33)37-29)12-11-23(27)15-21-7-8-21/h2-6,9-10,21,23,26-27,30H,7-8,11-17,19-20H2,1H3. The molecule has 7 atom stereocenters. The summed E-state index contributed by atoms with van der Waals surface area (Å²) in [7, 11) is 1.90. The third kappa shape index (κ3) is 2.80. The first-order valence-electron chi connectivity index (χ1n) is 14.5. The number of benzene rings is 2. The average Bonchev–Trinajstić information content (AvgIpc) is 3.68. The van der Waals surface area contributed by atoms with E-state index in [9.17, 15) is 5.26 Å². The molecule has 37 heavy (non-hydrogen) atoms. The zero-order valence-corrected chi connectivity index (χ0v) is 21.9. The van der Waals surface area contributed by atoms with Gasteiger partial charge in [0.05, 0.1) is 18.8 Å². The molecule has 5 fully saturated rings. The first-order valence-corrected chi connectivity index (χ1v) is 14.5. The highest BCUT2D eigenvalue weighted by Gasteiger charge is 2.80. The Labute approximate surface area is 220 Å². The summed E-state index contributed by atoms with van der Waals surface area (Å²) in [5.74, 6) is 3.66. The Morgan fingerprint density at radius 2 is 1.92 bits per heavy atom. The number of hydrogen-bond acceptors (Lipinski definition) is 4. The molecule has 0 amide bonds. The third-order valence-corrected chi connectivity index (χ3v) is 11.9. The summed E-state index contributed by atoms with van der Waals surface area (Å²) in [4.78, 5) is 0. The number of fused-ring (bicyclic) bond motifs is 2. The van der Waals surface area contributed by atoms with Crippen LogP contribution >= 0.6 is 0 Å². The van der Waals surface area contributed by atoms with E-state index in [0.29, 0.717) is 30.6 Å². The first kappa shape index (κ1) is 22.6. The molecular weight excluding hydrogens is 458 g/mol. The summed E-state index contributed by atoms with van der Waals surface area (Å²) in [6.45, 7) is 1.34. The summed E-state index contributed by atoms with van der Waals surface area (Å²) < 4.78 is 20.1. The Balaban J connectivity index is 1.23. The van der Waals surface area contributed by atoms with Crippen molar-refractivity contribution in [1.29, 1.82) is 5.26 Å². The normalized spacial score (nSPS) is 40.1. The monoisotopic (exact) mass is 495 g/mol. The van der Waals surface area contributed by atoms with Crippen molar-refractivity contribution in [2.75, 3.05) is 13.7 Å². The number of nitrogens with zero attached hydrogens (tertiary/aromatic N) is 1. The van der Waals surface area contributed by atoms with E-state index in [0.717, 1.165) is 36.8 Å². The molecule has 4 bridgehead atoms. The maximum Gasteiger partial charge on any atom is 0.141 e. The van der Waals surface area contributed by atoms with Gasteiger partial charge in [-0.1, -0.05) is 49.2 Å². The first-order chi connectivity index (χ1) is 18.1. The fourth-order valence-corrected chi connectivity index (χ4v) is 10.3. The zero-order chi connectivity index (χ0) is 24.8. The van der Waals surface area contributed by atoms with Gasteiger partial charge >= 0.3 is 0 Å². The molecule has 6 aliphatic carbocycles. The molecule has 2 aromatic carbocycles. The van der Waals surface area contributed by atoms with E-state index < -0.39 is 0 Å². The molecule has 0 radical (unpaired) electrons. The van der Waals surface area contributed by atoms with Crippen molar-refractivity contribution in [2.45, 2.75) is 81.5 Å². The summed E-state index contributed by atoms with van der Waals surface area (Å²) in [6, 6.07) is 17.3. The van der Waals surface area contributed by atoms with Crippen molar-refractivity contribution in [2.24, 2.45) is 29.1 Å². The number of rotatable bonds is 7. The Hall–Kier alpha value is -2.35. The number of hydrogen-bond donors (Lipinski definition) is 0. The topological polar surface area (TPSA) is 51.5 Å². The van der Waals surface area contributed by atoms with Gasteiger partial charge < -0.3 is 14.2 Å². The van der Waals surface area contributed by atoms with Gasteiger partial charge in [-0.3, -0.25) is 0 Å². The zero-order valence-electron chi connectivity index (χ0n) is 21.9. The number of ether oxygens (including phenoxy) is 3. The lowest BCUT2D eigenvalue weighted by Gasteiger charge is -2.73. The molecule has 0 aromatic heterocycles. The van der Waals surface area contributed by atoms with Gasteiger partial charge in [0.1, 0.15) is 23.5 Å². The van der Waals surface area contributed by atoms with E-state index in [2.05, 4.69) is 42.5 Å². The third-order valence-electron chi connectivity index (χ3n) is 11.9. The average molecular weight is 496 g/mol. The number of methoxy groups -OCH3 is 1. The molecule has 4 heteroatoms. The Morgan fingerprint density at radius 3 is 2.70 bits per heavy atom. The molecule has 0 saturated heterocycles. The van der Waals surface area contributed by atoms with Crippen LogP contribution in [-0.2, 0) is 27.9 Å². The van der Waals surface area contributed by atoms with E-state index in [1.165, 1.54) is 55.2 Å². The summed E-state index contributed by atoms with van der Waals surface area (Å²) in [5, 5.41) is 10.0. The second-order valence-electron chi connectivity index (χ2n) is 13.1. The Morgan fingerprint density at radius 1 is 1.05 bits per heavy atom. The molecule has 2 spiro atoms. The van der Waals surface area contributed by atoms with Gasteiger partial charge in [-0.15, -0.1) is 0 Å². The summed E-state index contributed by atoms with van der Waals surface area (Å²) in [5.41, 5.74) is 4.63. The van der Waals surface area contributed by atoms with Crippen LogP contribution in [0.25, 0.3) is 0 Å². The van der Waals surface area contributed by atoms with Gasteiger partial charge in [-0.25, -0.2) is 0 Å². The maximum absolute atomic E-state index is 10.0. The SMILES string of the molecule is COC12CCC3(CC1COCc1ccccc1)C1Cc4ccc(C#N)c5c4C3(CCC1CC1CC1)C2O5. The predicted molar refractivity (Wildman–Crippen MR) is 140 cm³/mol. The van der Waals surface area contributed by atoms with Gasteiger partial charge in [0, 0.05) is 24.0 Å². The minimum atomic E-state index is -0.368. The van der Waals surface area contributed by atoms with Crippen LogP contribution in [0.15, 0.2) is 42.5 Å². The highest BCUT2D eigenvalue weighted by Crippen LogP contribution is 2.79. The van der Waals surface area contributed by atoms with Crippen LogP contribution in [0.3, 0.4) is 0 Å². The lowest BCUT2D eigenvalue weighted by Crippen LogP contribution is -2.78. The quantitative estimate of drug-likeness (QED) is 0.450. The van der Waals surface area contributed by atoms with E-state index in [1.807, 2.05) is 13.2 Å². The molecule has 2 aromatic rings.